The SMILES string of the molecule is CC1=C2NOC(Nc3cccc(OC(C)CC#N)c3)(N=C1)N2c1ccc2c(c1)NCO2. The molecule has 0 saturated carbocycles. The molecule has 3 aliphatic rings. The first-order valence-electron chi connectivity index (χ1n) is 10.0. The predicted molar refractivity (Wildman–Crippen MR) is 117 cm³/mol. The van der Waals surface area contributed by atoms with E-state index < -0.39 is 5.97 Å². The monoisotopic (exact) mass is 418 g/mol. The van der Waals surface area contributed by atoms with Gasteiger partial charge in [-0.2, -0.15) is 5.26 Å². The minimum atomic E-state index is -1.21. The molecule has 3 heterocycles. The summed E-state index contributed by atoms with van der Waals surface area (Å²) >= 11 is 0. The number of ether oxygens (including phenoxy) is 2. The number of nitriles is 1. The van der Waals surface area contributed by atoms with Crippen LogP contribution in [0.2, 0.25) is 0 Å². The number of aliphatic imine (C=N–C) groups is 1. The maximum atomic E-state index is 8.87. The molecule has 158 valence electrons. The van der Waals surface area contributed by atoms with E-state index in [0.717, 1.165) is 34.2 Å². The van der Waals surface area contributed by atoms with Gasteiger partial charge in [0.25, 0.3) is 0 Å². The van der Waals surface area contributed by atoms with Gasteiger partial charge in [0.2, 0.25) is 0 Å². The summed E-state index contributed by atoms with van der Waals surface area (Å²) < 4.78 is 11.4. The molecule has 2 unspecified atom stereocenters. The number of benzene rings is 2. The van der Waals surface area contributed by atoms with Crippen LogP contribution < -0.4 is 30.5 Å². The van der Waals surface area contributed by atoms with Gasteiger partial charge in [0.1, 0.15) is 23.4 Å². The Kier molecular flexibility index (Phi) is 4.56. The molecule has 0 spiro atoms. The molecule has 2 aromatic carbocycles. The minimum absolute atomic E-state index is 0.203. The standard InChI is InChI=1S/C22H22N6O3/c1-14-12-25-22(26-16-4-3-5-18(10-16)30-15(2)8-9-23)28(21(14)27-31-22)17-6-7-20-19(11-17)24-13-29-20/h3-7,10-12,15,24,26-27H,8,13H2,1-2H3. The van der Waals surface area contributed by atoms with Crippen LogP contribution in [0.1, 0.15) is 20.3 Å². The van der Waals surface area contributed by atoms with E-state index in [9.17, 15) is 0 Å². The first kappa shape index (κ1) is 19.1. The summed E-state index contributed by atoms with van der Waals surface area (Å²) in [5, 5.41) is 15.5. The highest BCUT2D eigenvalue weighted by atomic mass is 16.7. The third-order valence-corrected chi connectivity index (χ3v) is 5.19. The Hall–Kier alpha value is -3.90. The number of fused-ring (bicyclic) bond motifs is 3. The lowest BCUT2D eigenvalue weighted by molar-refractivity contribution is -0.0214. The zero-order valence-corrected chi connectivity index (χ0v) is 17.2. The average molecular weight is 418 g/mol. The van der Waals surface area contributed by atoms with Crippen LogP contribution in [0.3, 0.4) is 0 Å². The van der Waals surface area contributed by atoms with Crippen molar-refractivity contribution in [3.63, 3.8) is 0 Å². The number of rotatable bonds is 6. The van der Waals surface area contributed by atoms with Gasteiger partial charge in [-0.05, 0) is 44.2 Å². The van der Waals surface area contributed by atoms with E-state index in [1.807, 2.05) is 61.2 Å². The fourth-order valence-electron chi connectivity index (χ4n) is 3.72. The van der Waals surface area contributed by atoms with Gasteiger partial charge < -0.3 is 20.1 Å². The molecule has 1 fully saturated rings. The first-order chi connectivity index (χ1) is 15.1. The summed E-state index contributed by atoms with van der Waals surface area (Å²) in [6, 6.07) is 15.5. The summed E-state index contributed by atoms with van der Waals surface area (Å²) in [5.74, 6) is 1.07. The minimum Gasteiger partial charge on any atom is -0.490 e. The van der Waals surface area contributed by atoms with Crippen molar-refractivity contribution in [2.45, 2.75) is 32.3 Å². The van der Waals surface area contributed by atoms with Crippen LogP contribution in [0.15, 0.2) is 58.9 Å². The Balaban J connectivity index is 1.47. The largest absolute Gasteiger partial charge is 0.490 e. The molecule has 0 amide bonds. The summed E-state index contributed by atoms with van der Waals surface area (Å²) in [5.41, 5.74) is 6.52. The smallest absolute Gasteiger partial charge is 0.351 e. The molecule has 2 bridgehead atoms. The van der Waals surface area contributed by atoms with Gasteiger partial charge in [0.05, 0.1) is 23.9 Å². The quantitative estimate of drug-likeness (QED) is 0.655. The van der Waals surface area contributed by atoms with Crippen LogP contribution in [-0.4, -0.2) is 25.0 Å². The number of hydrogen-bond donors (Lipinski definition) is 3. The number of hydrogen-bond acceptors (Lipinski definition) is 9. The molecule has 0 radical (unpaired) electrons. The lowest BCUT2D eigenvalue weighted by Gasteiger charge is -2.36. The Bertz CT molecular complexity index is 1120. The third-order valence-electron chi connectivity index (χ3n) is 5.19. The highest BCUT2D eigenvalue weighted by Crippen LogP contribution is 2.42. The fraction of sp³-hybridized carbons (Fsp3) is 0.273. The van der Waals surface area contributed by atoms with E-state index in [2.05, 4.69) is 27.2 Å². The average Bonchev–Trinajstić information content (AvgIpc) is 3.33. The molecule has 3 N–H and O–H groups in total. The Morgan fingerprint density at radius 2 is 2.26 bits per heavy atom. The van der Waals surface area contributed by atoms with Crippen molar-refractivity contribution >= 4 is 23.3 Å². The summed E-state index contributed by atoms with van der Waals surface area (Å²) in [7, 11) is 0. The van der Waals surface area contributed by atoms with Gasteiger partial charge in [-0.3, -0.25) is 4.90 Å². The number of hydroxylamine groups is 1. The molecule has 9 nitrogen and oxygen atoms in total. The van der Waals surface area contributed by atoms with Crippen molar-refractivity contribution in [2.24, 2.45) is 4.99 Å². The van der Waals surface area contributed by atoms with Crippen LogP contribution in [0.4, 0.5) is 17.1 Å². The zero-order chi connectivity index (χ0) is 21.4. The zero-order valence-electron chi connectivity index (χ0n) is 17.2. The van der Waals surface area contributed by atoms with E-state index in [-0.39, 0.29) is 6.10 Å². The maximum Gasteiger partial charge on any atom is 0.351 e. The van der Waals surface area contributed by atoms with Crippen molar-refractivity contribution in [3.8, 4) is 17.6 Å². The highest BCUT2D eigenvalue weighted by Gasteiger charge is 2.49. The molecule has 0 aliphatic carbocycles. The first-order valence-corrected chi connectivity index (χ1v) is 10.0. The maximum absolute atomic E-state index is 8.87. The number of nitrogens with zero attached hydrogens (tertiary/aromatic N) is 3. The molecule has 1 saturated heterocycles. The van der Waals surface area contributed by atoms with Crippen LogP contribution in [0.25, 0.3) is 0 Å². The second-order valence-electron chi connectivity index (χ2n) is 7.53. The summed E-state index contributed by atoms with van der Waals surface area (Å²) in [4.78, 5) is 12.6. The van der Waals surface area contributed by atoms with Gasteiger partial charge in [0.15, 0.2) is 6.73 Å². The van der Waals surface area contributed by atoms with Crippen LogP contribution in [0, 0.1) is 11.3 Å². The van der Waals surface area contributed by atoms with Gasteiger partial charge >= 0.3 is 5.97 Å². The topological polar surface area (TPSA) is 103 Å². The van der Waals surface area contributed by atoms with E-state index >= 15 is 0 Å². The van der Waals surface area contributed by atoms with Gasteiger partial charge in [-0.25, -0.2) is 15.3 Å². The molecular formula is C22H22N6O3. The van der Waals surface area contributed by atoms with Crippen molar-refractivity contribution in [2.75, 3.05) is 22.3 Å². The number of nitrogens with one attached hydrogen (secondary N) is 3. The molecule has 0 aromatic heterocycles. The van der Waals surface area contributed by atoms with Crippen molar-refractivity contribution < 1.29 is 14.3 Å². The van der Waals surface area contributed by atoms with Crippen LogP contribution >= 0.6 is 0 Å². The fourth-order valence-corrected chi connectivity index (χ4v) is 3.72. The van der Waals surface area contributed by atoms with E-state index in [0.29, 0.717) is 18.9 Å². The third kappa shape index (κ3) is 3.37. The number of anilines is 3. The van der Waals surface area contributed by atoms with Crippen LogP contribution in [-0.2, 0) is 4.84 Å². The lowest BCUT2D eigenvalue weighted by atomic mass is 10.2. The molecule has 2 aromatic rings. The van der Waals surface area contributed by atoms with Gasteiger partial charge in [0, 0.05) is 23.5 Å². The number of allylic oxidation sites excluding steroid dienone is 1. The van der Waals surface area contributed by atoms with Gasteiger partial charge in [-0.15, -0.1) is 0 Å². The van der Waals surface area contributed by atoms with Crippen LogP contribution in [0.5, 0.6) is 11.5 Å². The van der Waals surface area contributed by atoms with E-state index in [1.54, 1.807) is 6.21 Å². The Labute approximate surface area is 179 Å². The molecular weight excluding hydrogens is 396 g/mol. The molecule has 2 atom stereocenters. The van der Waals surface area contributed by atoms with E-state index in [4.69, 9.17) is 19.6 Å². The second kappa shape index (κ2) is 7.41. The van der Waals surface area contributed by atoms with Crippen molar-refractivity contribution in [1.82, 2.24) is 5.48 Å². The molecule has 3 aliphatic heterocycles. The highest BCUT2D eigenvalue weighted by molar-refractivity contribution is 5.85. The molecule has 9 heteroatoms. The lowest BCUT2D eigenvalue weighted by Crippen LogP contribution is -2.51. The van der Waals surface area contributed by atoms with Crippen molar-refractivity contribution in [3.05, 3.63) is 53.9 Å². The Morgan fingerprint density at radius 3 is 3.13 bits per heavy atom. The summed E-state index contributed by atoms with van der Waals surface area (Å²) in [6.45, 7) is 4.29. The second-order valence-corrected chi connectivity index (χ2v) is 7.53. The molecule has 31 heavy (non-hydrogen) atoms. The van der Waals surface area contributed by atoms with Crippen molar-refractivity contribution in [1.29, 1.82) is 5.26 Å². The predicted octanol–water partition coefficient (Wildman–Crippen LogP) is 3.51. The van der Waals surface area contributed by atoms with Gasteiger partial charge in [-0.1, -0.05) is 6.07 Å². The summed E-state index contributed by atoms with van der Waals surface area (Å²) in [6.07, 6.45) is 1.89. The molecule has 5 rings (SSSR count). The normalized spacial score (nSPS) is 21.5. The van der Waals surface area contributed by atoms with E-state index in [1.165, 1.54) is 0 Å². The Morgan fingerprint density at radius 1 is 1.35 bits per heavy atom.